The van der Waals surface area contributed by atoms with E-state index in [9.17, 15) is 0 Å². The molecule has 11 heavy (non-hydrogen) atoms. The highest BCUT2D eigenvalue weighted by molar-refractivity contribution is 5.36. The number of hydrogen-bond acceptors (Lipinski definition) is 2. The molecule has 0 atom stereocenters. The Hall–Kier alpha value is -1.20. The van der Waals surface area contributed by atoms with Crippen LogP contribution in [-0.4, -0.2) is 11.7 Å². The number of aliphatic hydroxyl groups excluding tert-OH is 1. The van der Waals surface area contributed by atoms with Crippen LogP contribution in [0.3, 0.4) is 0 Å². The standard InChI is InChI=1S/C9H10O2/c1-8-6-11-7-9(8)4-2-3-5-10/h6-7,10H,3,5H2,1H3. The molecule has 0 aliphatic carbocycles. The van der Waals surface area contributed by atoms with Gasteiger partial charge in [-0.15, -0.1) is 0 Å². The lowest BCUT2D eigenvalue weighted by molar-refractivity contribution is 0.305. The summed E-state index contributed by atoms with van der Waals surface area (Å²) in [6, 6.07) is 0. The van der Waals surface area contributed by atoms with E-state index in [0.29, 0.717) is 6.42 Å². The van der Waals surface area contributed by atoms with Crippen molar-refractivity contribution >= 4 is 0 Å². The van der Waals surface area contributed by atoms with E-state index in [1.807, 2.05) is 6.92 Å². The fraction of sp³-hybridized carbons (Fsp3) is 0.333. The van der Waals surface area contributed by atoms with Gasteiger partial charge in [-0.05, 0) is 6.92 Å². The molecule has 0 unspecified atom stereocenters. The highest BCUT2D eigenvalue weighted by Crippen LogP contribution is 2.05. The molecule has 0 amide bonds. The van der Waals surface area contributed by atoms with Crippen LogP contribution in [-0.2, 0) is 0 Å². The quantitative estimate of drug-likeness (QED) is 0.612. The van der Waals surface area contributed by atoms with Crippen molar-refractivity contribution in [3.8, 4) is 11.8 Å². The molecule has 0 spiro atoms. The summed E-state index contributed by atoms with van der Waals surface area (Å²) in [7, 11) is 0. The maximum atomic E-state index is 8.44. The van der Waals surface area contributed by atoms with Crippen LogP contribution in [0, 0.1) is 18.8 Å². The lowest BCUT2D eigenvalue weighted by Gasteiger charge is -1.81. The lowest BCUT2D eigenvalue weighted by Crippen LogP contribution is -1.77. The zero-order valence-corrected chi connectivity index (χ0v) is 6.42. The van der Waals surface area contributed by atoms with Gasteiger partial charge in [-0.25, -0.2) is 0 Å². The van der Waals surface area contributed by atoms with E-state index >= 15 is 0 Å². The van der Waals surface area contributed by atoms with E-state index < -0.39 is 0 Å². The second-order valence-electron chi connectivity index (χ2n) is 2.24. The van der Waals surface area contributed by atoms with Gasteiger partial charge in [-0.3, -0.25) is 0 Å². The van der Waals surface area contributed by atoms with Gasteiger partial charge in [0.15, 0.2) is 0 Å². The van der Waals surface area contributed by atoms with E-state index in [1.54, 1.807) is 12.5 Å². The van der Waals surface area contributed by atoms with Crippen LogP contribution in [0.25, 0.3) is 0 Å². The van der Waals surface area contributed by atoms with Crippen LogP contribution in [0.2, 0.25) is 0 Å². The van der Waals surface area contributed by atoms with Gasteiger partial charge >= 0.3 is 0 Å². The Morgan fingerprint density at radius 1 is 1.55 bits per heavy atom. The highest BCUT2D eigenvalue weighted by Gasteiger charge is 1.93. The minimum Gasteiger partial charge on any atom is -0.471 e. The average Bonchev–Trinajstić information content (AvgIpc) is 2.37. The first-order valence-electron chi connectivity index (χ1n) is 3.47. The van der Waals surface area contributed by atoms with Crippen LogP contribution in [0.1, 0.15) is 17.5 Å². The number of hydrogen-bond donors (Lipinski definition) is 1. The molecule has 1 aromatic rings. The maximum absolute atomic E-state index is 8.44. The summed E-state index contributed by atoms with van der Waals surface area (Å²) in [5, 5.41) is 8.44. The largest absolute Gasteiger partial charge is 0.471 e. The van der Waals surface area contributed by atoms with Crippen LogP contribution >= 0.6 is 0 Å². The normalized spacial score (nSPS) is 8.91. The third-order valence-corrected chi connectivity index (χ3v) is 1.32. The number of aliphatic hydroxyl groups is 1. The van der Waals surface area contributed by atoms with Crippen molar-refractivity contribution in [1.82, 2.24) is 0 Å². The van der Waals surface area contributed by atoms with Gasteiger partial charge in [0.1, 0.15) is 6.26 Å². The predicted molar refractivity (Wildman–Crippen MR) is 42.0 cm³/mol. The summed E-state index contributed by atoms with van der Waals surface area (Å²) in [4.78, 5) is 0. The molecule has 0 saturated heterocycles. The molecule has 1 N–H and O–H groups in total. The average molecular weight is 150 g/mol. The van der Waals surface area contributed by atoms with Crippen molar-refractivity contribution in [3.63, 3.8) is 0 Å². The smallest absolute Gasteiger partial charge is 0.106 e. The van der Waals surface area contributed by atoms with E-state index in [2.05, 4.69) is 11.8 Å². The molecular formula is C9H10O2. The van der Waals surface area contributed by atoms with Crippen LogP contribution < -0.4 is 0 Å². The molecule has 1 aromatic heterocycles. The van der Waals surface area contributed by atoms with E-state index in [4.69, 9.17) is 9.52 Å². The van der Waals surface area contributed by atoms with Crippen molar-refractivity contribution in [2.75, 3.05) is 6.61 Å². The summed E-state index contributed by atoms with van der Waals surface area (Å²) in [6.45, 7) is 2.05. The van der Waals surface area contributed by atoms with Crippen LogP contribution in [0.15, 0.2) is 16.9 Å². The molecule has 0 radical (unpaired) electrons. The van der Waals surface area contributed by atoms with Crippen molar-refractivity contribution in [1.29, 1.82) is 0 Å². The van der Waals surface area contributed by atoms with Gasteiger partial charge in [0, 0.05) is 12.0 Å². The zero-order valence-electron chi connectivity index (χ0n) is 6.42. The van der Waals surface area contributed by atoms with Gasteiger partial charge in [0.05, 0.1) is 18.4 Å². The molecule has 1 rings (SSSR count). The Morgan fingerprint density at radius 2 is 2.36 bits per heavy atom. The fourth-order valence-corrected chi connectivity index (χ4v) is 0.702. The Kier molecular flexibility index (Phi) is 2.76. The molecule has 0 saturated carbocycles. The van der Waals surface area contributed by atoms with Crippen molar-refractivity contribution in [2.45, 2.75) is 13.3 Å². The number of furan rings is 1. The summed E-state index contributed by atoms with van der Waals surface area (Å²) in [5.41, 5.74) is 1.94. The molecule has 0 fully saturated rings. The first kappa shape index (κ1) is 7.90. The second kappa shape index (κ2) is 3.85. The molecule has 1 heterocycles. The molecule has 0 bridgehead atoms. The third-order valence-electron chi connectivity index (χ3n) is 1.32. The minimum absolute atomic E-state index is 0.115. The summed E-state index contributed by atoms with van der Waals surface area (Å²) in [6.07, 6.45) is 3.79. The monoisotopic (exact) mass is 150 g/mol. The Balaban J connectivity index is 2.65. The molecule has 58 valence electrons. The molecule has 0 aromatic carbocycles. The highest BCUT2D eigenvalue weighted by atomic mass is 16.3. The van der Waals surface area contributed by atoms with E-state index in [-0.39, 0.29) is 6.61 Å². The third kappa shape index (κ3) is 2.14. The number of aryl methyl sites for hydroxylation is 1. The summed E-state index contributed by atoms with van der Waals surface area (Å²) < 4.78 is 4.91. The number of rotatable bonds is 1. The van der Waals surface area contributed by atoms with Gasteiger partial charge in [0.2, 0.25) is 0 Å². The Labute approximate surface area is 65.8 Å². The summed E-state index contributed by atoms with van der Waals surface area (Å²) in [5.74, 6) is 5.71. The van der Waals surface area contributed by atoms with Crippen molar-refractivity contribution < 1.29 is 9.52 Å². The van der Waals surface area contributed by atoms with Gasteiger partial charge in [0.25, 0.3) is 0 Å². The first-order chi connectivity index (χ1) is 5.34. The summed E-state index contributed by atoms with van der Waals surface area (Å²) >= 11 is 0. The zero-order chi connectivity index (χ0) is 8.10. The molecule has 0 aliphatic rings. The van der Waals surface area contributed by atoms with Gasteiger partial charge in [-0.1, -0.05) is 11.8 Å². The second-order valence-corrected chi connectivity index (χ2v) is 2.24. The minimum atomic E-state index is 0.115. The topological polar surface area (TPSA) is 33.4 Å². The Bertz CT molecular complexity index is 275. The van der Waals surface area contributed by atoms with Crippen LogP contribution in [0.4, 0.5) is 0 Å². The molecular weight excluding hydrogens is 140 g/mol. The first-order valence-corrected chi connectivity index (χ1v) is 3.47. The maximum Gasteiger partial charge on any atom is 0.106 e. The van der Waals surface area contributed by atoms with Crippen molar-refractivity contribution in [3.05, 3.63) is 23.7 Å². The molecule has 2 heteroatoms. The van der Waals surface area contributed by atoms with E-state index in [1.165, 1.54) is 0 Å². The van der Waals surface area contributed by atoms with E-state index in [0.717, 1.165) is 11.1 Å². The predicted octanol–water partition coefficient (Wildman–Crippen LogP) is 1.32. The lowest BCUT2D eigenvalue weighted by atomic mass is 10.2. The van der Waals surface area contributed by atoms with Gasteiger partial charge in [-0.2, -0.15) is 0 Å². The van der Waals surface area contributed by atoms with Gasteiger partial charge < -0.3 is 9.52 Å². The Morgan fingerprint density at radius 3 is 2.91 bits per heavy atom. The SMILES string of the molecule is Cc1cocc1C#CCCO. The molecule has 2 nitrogen and oxygen atoms in total. The fourth-order valence-electron chi connectivity index (χ4n) is 0.702. The molecule has 0 aliphatic heterocycles. The van der Waals surface area contributed by atoms with Crippen molar-refractivity contribution in [2.24, 2.45) is 0 Å². The van der Waals surface area contributed by atoms with Crippen LogP contribution in [0.5, 0.6) is 0 Å².